The van der Waals surface area contributed by atoms with Crippen LogP contribution < -0.4 is 0 Å². The fraction of sp³-hybridized carbons (Fsp3) is 0.500. The summed E-state index contributed by atoms with van der Waals surface area (Å²) in [6.45, 7) is 1.72. The molecule has 0 saturated heterocycles. The molecule has 3 nitrogen and oxygen atoms in total. The van der Waals surface area contributed by atoms with Crippen molar-refractivity contribution in [2.75, 3.05) is 5.75 Å². The van der Waals surface area contributed by atoms with Crippen molar-refractivity contribution in [3.05, 3.63) is 5.82 Å². The van der Waals surface area contributed by atoms with E-state index < -0.39 is 6.43 Å². The average molecular weight is 217 g/mol. The molecule has 0 aliphatic heterocycles. The highest BCUT2D eigenvalue weighted by Crippen LogP contribution is 2.21. The maximum Gasteiger partial charge on any atom is 0.297 e. The van der Waals surface area contributed by atoms with Crippen LogP contribution in [0.4, 0.5) is 8.78 Å². The van der Waals surface area contributed by atoms with Gasteiger partial charge in [0.1, 0.15) is 0 Å². The van der Waals surface area contributed by atoms with Gasteiger partial charge in [-0.2, -0.15) is 0 Å². The summed E-state index contributed by atoms with van der Waals surface area (Å²) >= 11 is 1.29. The number of aromatic nitrogens is 3. The Bertz CT molecular complexity index is 364. The molecule has 14 heavy (non-hydrogen) atoms. The molecule has 0 aliphatic rings. The molecule has 0 saturated carbocycles. The molecule has 0 spiro atoms. The van der Waals surface area contributed by atoms with Gasteiger partial charge in [0.2, 0.25) is 5.82 Å². The summed E-state index contributed by atoms with van der Waals surface area (Å²) in [6.07, 6.45) is -2.58. The zero-order valence-corrected chi connectivity index (χ0v) is 8.61. The Labute approximate surface area is 84.9 Å². The topological polar surface area (TPSA) is 30.7 Å². The molecule has 1 aromatic heterocycles. The summed E-state index contributed by atoms with van der Waals surface area (Å²) in [5.74, 6) is 5.74. The largest absolute Gasteiger partial charge is 0.304 e. The first-order valence-corrected chi connectivity index (χ1v) is 4.85. The summed E-state index contributed by atoms with van der Waals surface area (Å²) in [5.41, 5.74) is 0. The zero-order chi connectivity index (χ0) is 10.6. The zero-order valence-electron chi connectivity index (χ0n) is 7.79. The lowest BCUT2D eigenvalue weighted by Crippen LogP contribution is -1.99. The van der Waals surface area contributed by atoms with Gasteiger partial charge in [-0.15, -0.1) is 16.1 Å². The van der Waals surface area contributed by atoms with Gasteiger partial charge >= 0.3 is 0 Å². The van der Waals surface area contributed by atoms with E-state index in [9.17, 15) is 8.78 Å². The van der Waals surface area contributed by atoms with Crippen LogP contribution in [-0.4, -0.2) is 20.5 Å². The van der Waals surface area contributed by atoms with Gasteiger partial charge in [-0.1, -0.05) is 17.7 Å². The molecule has 0 fully saturated rings. The molecule has 76 valence electrons. The molecule has 0 bridgehead atoms. The van der Waals surface area contributed by atoms with Gasteiger partial charge in [0.05, 0.1) is 5.75 Å². The van der Waals surface area contributed by atoms with Crippen LogP contribution in [0.3, 0.4) is 0 Å². The minimum absolute atomic E-state index is 0.308. The molecule has 1 aromatic rings. The number of rotatable bonds is 3. The van der Waals surface area contributed by atoms with Crippen molar-refractivity contribution in [3.8, 4) is 11.8 Å². The molecule has 1 rings (SSSR count). The Morgan fingerprint density at radius 3 is 2.71 bits per heavy atom. The van der Waals surface area contributed by atoms with Gasteiger partial charge in [0, 0.05) is 7.05 Å². The van der Waals surface area contributed by atoms with E-state index in [0.717, 1.165) is 0 Å². The van der Waals surface area contributed by atoms with Crippen LogP contribution in [0.2, 0.25) is 0 Å². The van der Waals surface area contributed by atoms with Gasteiger partial charge in [-0.05, 0) is 6.92 Å². The van der Waals surface area contributed by atoms with Gasteiger partial charge in [0.15, 0.2) is 5.16 Å². The Hall–Kier alpha value is -1.09. The quantitative estimate of drug-likeness (QED) is 0.572. The summed E-state index contributed by atoms with van der Waals surface area (Å²) in [6, 6.07) is 0. The molecule has 0 aliphatic carbocycles. The molecule has 0 unspecified atom stereocenters. The van der Waals surface area contributed by atoms with Gasteiger partial charge in [0.25, 0.3) is 6.43 Å². The molecule has 0 amide bonds. The molecule has 0 atom stereocenters. The maximum absolute atomic E-state index is 12.3. The smallest absolute Gasteiger partial charge is 0.297 e. The highest BCUT2D eigenvalue weighted by molar-refractivity contribution is 7.99. The Morgan fingerprint density at radius 2 is 2.21 bits per heavy atom. The van der Waals surface area contributed by atoms with Crippen molar-refractivity contribution < 1.29 is 8.78 Å². The normalized spacial score (nSPS) is 10.1. The third-order valence-corrected chi connectivity index (χ3v) is 2.42. The predicted molar refractivity (Wildman–Crippen MR) is 50.1 cm³/mol. The SMILES string of the molecule is CC#CCSc1nnc(C(F)F)n1C. The van der Waals surface area contributed by atoms with E-state index in [1.807, 2.05) is 0 Å². The minimum atomic E-state index is -2.58. The number of alkyl halides is 2. The molecule has 1 heterocycles. The Balaban J connectivity index is 2.72. The lowest BCUT2D eigenvalue weighted by atomic mass is 10.6. The lowest BCUT2D eigenvalue weighted by molar-refractivity contribution is 0.135. The van der Waals surface area contributed by atoms with Crippen molar-refractivity contribution in [1.29, 1.82) is 0 Å². The first kappa shape index (κ1) is 11.0. The van der Waals surface area contributed by atoms with E-state index in [1.54, 1.807) is 6.92 Å². The number of thioether (sulfide) groups is 1. The van der Waals surface area contributed by atoms with E-state index in [2.05, 4.69) is 22.0 Å². The standard InChI is InChI=1S/C8H9F2N3S/c1-3-4-5-14-8-12-11-7(6(9)10)13(8)2/h6H,5H2,1-2H3. The van der Waals surface area contributed by atoms with Crippen molar-refractivity contribution in [1.82, 2.24) is 14.8 Å². The van der Waals surface area contributed by atoms with Crippen molar-refractivity contribution in [2.24, 2.45) is 7.05 Å². The van der Waals surface area contributed by atoms with Gasteiger partial charge in [-0.3, -0.25) is 0 Å². The molecular formula is C8H9F2N3S. The van der Waals surface area contributed by atoms with Crippen LogP contribution in [0.25, 0.3) is 0 Å². The van der Waals surface area contributed by atoms with Crippen molar-refractivity contribution >= 4 is 11.8 Å². The van der Waals surface area contributed by atoms with Crippen LogP contribution in [0.5, 0.6) is 0 Å². The molecule has 0 radical (unpaired) electrons. The van der Waals surface area contributed by atoms with E-state index in [4.69, 9.17) is 0 Å². The summed E-state index contributed by atoms with van der Waals surface area (Å²) in [5, 5.41) is 7.49. The first-order valence-electron chi connectivity index (χ1n) is 3.86. The molecule has 6 heteroatoms. The highest BCUT2D eigenvalue weighted by Gasteiger charge is 2.17. The maximum atomic E-state index is 12.3. The van der Waals surface area contributed by atoms with E-state index in [-0.39, 0.29) is 5.82 Å². The van der Waals surface area contributed by atoms with E-state index >= 15 is 0 Å². The predicted octanol–water partition coefficient (Wildman–Crippen LogP) is 1.87. The van der Waals surface area contributed by atoms with Crippen molar-refractivity contribution in [3.63, 3.8) is 0 Å². The second kappa shape index (κ2) is 4.96. The number of hydrogen-bond donors (Lipinski definition) is 0. The fourth-order valence-electron chi connectivity index (χ4n) is 0.815. The van der Waals surface area contributed by atoms with Crippen LogP contribution >= 0.6 is 11.8 Å². The molecule has 0 N–H and O–H groups in total. The van der Waals surface area contributed by atoms with Gasteiger partial charge in [-0.25, -0.2) is 8.78 Å². The second-order valence-corrected chi connectivity index (χ2v) is 3.36. The second-order valence-electron chi connectivity index (χ2n) is 2.42. The van der Waals surface area contributed by atoms with Crippen molar-refractivity contribution in [2.45, 2.75) is 18.5 Å². The van der Waals surface area contributed by atoms with E-state index in [0.29, 0.717) is 10.9 Å². The third kappa shape index (κ3) is 2.45. The Morgan fingerprint density at radius 1 is 1.50 bits per heavy atom. The molecular weight excluding hydrogens is 208 g/mol. The summed E-state index contributed by atoms with van der Waals surface area (Å²) in [4.78, 5) is 0. The average Bonchev–Trinajstić information content (AvgIpc) is 2.48. The number of nitrogens with zero attached hydrogens (tertiary/aromatic N) is 3. The highest BCUT2D eigenvalue weighted by atomic mass is 32.2. The monoisotopic (exact) mass is 217 g/mol. The summed E-state index contributed by atoms with van der Waals surface area (Å²) < 4.78 is 25.8. The summed E-state index contributed by atoms with van der Waals surface area (Å²) in [7, 11) is 1.52. The lowest BCUT2D eigenvalue weighted by Gasteiger charge is -2.00. The van der Waals surface area contributed by atoms with Crippen LogP contribution in [0.15, 0.2) is 5.16 Å². The third-order valence-electron chi connectivity index (χ3n) is 1.51. The fourth-order valence-corrected chi connectivity index (χ4v) is 1.55. The van der Waals surface area contributed by atoms with Crippen LogP contribution in [0, 0.1) is 11.8 Å². The minimum Gasteiger partial charge on any atom is -0.304 e. The van der Waals surface area contributed by atoms with Crippen LogP contribution in [-0.2, 0) is 7.05 Å². The Kier molecular flexibility index (Phi) is 3.89. The first-order chi connectivity index (χ1) is 6.66. The van der Waals surface area contributed by atoms with Crippen LogP contribution in [0.1, 0.15) is 19.2 Å². The molecule has 0 aromatic carbocycles. The van der Waals surface area contributed by atoms with Gasteiger partial charge < -0.3 is 4.57 Å². The van der Waals surface area contributed by atoms with E-state index in [1.165, 1.54) is 23.4 Å². The number of hydrogen-bond acceptors (Lipinski definition) is 3. The number of halogens is 2.